The third-order valence-electron chi connectivity index (χ3n) is 3.90. The van der Waals surface area contributed by atoms with Gasteiger partial charge in [0.2, 0.25) is 5.91 Å². The van der Waals surface area contributed by atoms with Gasteiger partial charge < -0.3 is 20.1 Å². The van der Waals surface area contributed by atoms with Crippen LogP contribution in [0.25, 0.3) is 0 Å². The SMILES string of the molecule is CCOC(=O)c1ccc(OCC(=O)N2CCCC(C(N)=O)C2)cc1. The highest BCUT2D eigenvalue weighted by Crippen LogP contribution is 2.17. The van der Waals surface area contributed by atoms with Crippen LogP contribution in [-0.4, -0.2) is 49.0 Å². The van der Waals surface area contributed by atoms with Crippen LogP contribution in [0.15, 0.2) is 24.3 Å². The molecule has 1 aromatic carbocycles. The molecule has 130 valence electrons. The van der Waals surface area contributed by atoms with Crippen molar-refractivity contribution in [1.29, 1.82) is 0 Å². The summed E-state index contributed by atoms with van der Waals surface area (Å²) in [6.07, 6.45) is 1.48. The fourth-order valence-corrected chi connectivity index (χ4v) is 2.57. The molecule has 0 saturated carbocycles. The van der Waals surface area contributed by atoms with E-state index in [1.165, 1.54) is 0 Å². The summed E-state index contributed by atoms with van der Waals surface area (Å²) in [7, 11) is 0. The Morgan fingerprint density at radius 1 is 1.25 bits per heavy atom. The van der Waals surface area contributed by atoms with Crippen molar-refractivity contribution >= 4 is 17.8 Å². The minimum Gasteiger partial charge on any atom is -0.484 e. The molecule has 2 amide bonds. The number of nitrogens with zero attached hydrogens (tertiary/aromatic N) is 1. The van der Waals surface area contributed by atoms with Crippen molar-refractivity contribution in [2.75, 3.05) is 26.3 Å². The van der Waals surface area contributed by atoms with E-state index in [1.807, 2.05) is 0 Å². The molecular formula is C17H22N2O5. The molecule has 7 heteroatoms. The monoisotopic (exact) mass is 334 g/mol. The predicted octanol–water partition coefficient (Wildman–Crippen LogP) is 0.966. The first-order valence-electron chi connectivity index (χ1n) is 7.98. The number of hydrogen-bond donors (Lipinski definition) is 1. The standard InChI is InChI=1S/C17H22N2O5/c1-2-23-17(22)12-5-7-14(8-6-12)24-11-15(20)19-9-3-4-13(10-19)16(18)21/h5-8,13H,2-4,9-11H2,1H3,(H2,18,21). The number of esters is 1. The average molecular weight is 334 g/mol. The Balaban J connectivity index is 1.85. The van der Waals surface area contributed by atoms with Gasteiger partial charge in [-0.15, -0.1) is 0 Å². The summed E-state index contributed by atoms with van der Waals surface area (Å²) in [5, 5.41) is 0. The fraction of sp³-hybridized carbons (Fsp3) is 0.471. The lowest BCUT2D eigenvalue weighted by atomic mass is 9.97. The molecule has 1 fully saturated rings. The van der Waals surface area contributed by atoms with Gasteiger partial charge in [0.1, 0.15) is 5.75 Å². The minimum absolute atomic E-state index is 0.121. The molecule has 0 aliphatic carbocycles. The highest BCUT2D eigenvalue weighted by Gasteiger charge is 2.27. The topological polar surface area (TPSA) is 98.9 Å². The molecule has 1 aliphatic heterocycles. The molecule has 0 spiro atoms. The van der Waals surface area contributed by atoms with E-state index in [1.54, 1.807) is 36.1 Å². The first kappa shape index (κ1) is 17.8. The lowest BCUT2D eigenvalue weighted by Gasteiger charge is -2.31. The van der Waals surface area contributed by atoms with Gasteiger partial charge >= 0.3 is 5.97 Å². The van der Waals surface area contributed by atoms with Crippen LogP contribution < -0.4 is 10.5 Å². The molecule has 1 unspecified atom stereocenters. The zero-order valence-corrected chi connectivity index (χ0v) is 13.7. The van der Waals surface area contributed by atoms with Crippen molar-refractivity contribution in [2.45, 2.75) is 19.8 Å². The van der Waals surface area contributed by atoms with Crippen molar-refractivity contribution in [3.8, 4) is 5.75 Å². The van der Waals surface area contributed by atoms with E-state index in [0.29, 0.717) is 31.0 Å². The lowest BCUT2D eigenvalue weighted by molar-refractivity contribution is -0.136. The number of ether oxygens (including phenoxy) is 2. The van der Waals surface area contributed by atoms with Gasteiger partial charge in [-0.25, -0.2) is 4.79 Å². The van der Waals surface area contributed by atoms with Crippen molar-refractivity contribution in [2.24, 2.45) is 11.7 Å². The van der Waals surface area contributed by atoms with E-state index < -0.39 is 5.97 Å². The van der Waals surface area contributed by atoms with Crippen molar-refractivity contribution in [1.82, 2.24) is 4.90 Å². The molecule has 1 aliphatic rings. The number of benzene rings is 1. The number of amides is 2. The van der Waals surface area contributed by atoms with Crippen molar-refractivity contribution < 1.29 is 23.9 Å². The molecule has 24 heavy (non-hydrogen) atoms. The van der Waals surface area contributed by atoms with Crippen LogP contribution in [0.5, 0.6) is 5.75 Å². The number of hydrogen-bond acceptors (Lipinski definition) is 5. The Hall–Kier alpha value is -2.57. The summed E-state index contributed by atoms with van der Waals surface area (Å²) in [4.78, 5) is 36.6. The van der Waals surface area contributed by atoms with Gasteiger partial charge in [0.25, 0.3) is 5.91 Å². The summed E-state index contributed by atoms with van der Waals surface area (Å²) in [6, 6.07) is 6.40. The highest BCUT2D eigenvalue weighted by atomic mass is 16.5. The van der Waals surface area contributed by atoms with E-state index in [9.17, 15) is 14.4 Å². The van der Waals surface area contributed by atoms with E-state index >= 15 is 0 Å². The first-order chi connectivity index (χ1) is 11.5. The summed E-state index contributed by atoms with van der Waals surface area (Å²) in [5.74, 6) is -0.754. The Morgan fingerprint density at radius 3 is 2.58 bits per heavy atom. The third kappa shape index (κ3) is 4.71. The molecule has 1 atom stereocenters. The molecule has 1 aromatic rings. The van der Waals surface area contributed by atoms with Crippen LogP contribution >= 0.6 is 0 Å². The van der Waals surface area contributed by atoms with Gasteiger partial charge in [-0.3, -0.25) is 9.59 Å². The second-order valence-electron chi connectivity index (χ2n) is 5.61. The molecule has 0 aromatic heterocycles. The van der Waals surface area contributed by atoms with Gasteiger partial charge in [-0.2, -0.15) is 0 Å². The second-order valence-corrected chi connectivity index (χ2v) is 5.61. The Labute approximate surface area is 140 Å². The third-order valence-corrected chi connectivity index (χ3v) is 3.90. The number of piperidine rings is 1. The van der Waals surface area contributed by atoms with Gasteiger partial charge in [0, 0.05) is 13.1 Å². The van der Waals surface area contributed by atoms with Crippen LogP contribution in [0.2, 0.25) is 0 Å². The molecule has 2 rings (SSSR count). The fourth-order valence-electron chi connectivity index (χ4n) is 2.57. The number of nitrogens with two attached hydrogens (primary N) is 1. The van der Waals surface area contributed by atoms with Crippen molar-refractivity contribution in [3.05, 3.63) is 29.8 Å². The molecule has 1 heterocycles. The molecule has 0 bridgehead atoms. The van der Waals surface area contributed by atoms with Crippen LogP contribution in [-0.2, 0) is 14.3 Å². The Kier molecular flexibility index (Phi) is 6.17. The quantitative estimate of drug-likeness (QED) is 0.782. The first-order valence-corrected chi connectivity index (χ1v) is 7.98. The minimum atomic E-state index is -0.397. The van der Waals surface area contributed by atoms with Crippen molar-refractivity contribution in [3.63, 3.8) is 0 Å². The summed E-state index contributed by atoms with van der Waals surface area (Å²) >= 11 is 0. The normalized spacial score (nSPS) is 17.2. The van der Waals surface area contributed by atoms with Crippen LogP contribution in [0.3, 0.4) is 0 Å². The number of carbonyl (C=O) groups is 3. The molecule has 2 N–H and O–H groups in total. The number of likely N-dealkylation sites (tertiary alicyclic amines) is 1. The van der Waals surface area contributed by atoms with E-state index in [2.05, 4.69) is 0 Å². The molecule has 0 radical (unpaired) electrons. The second kappa shape index (κ2) is 8.33. The number of carbonyl (C=O) groups excluding carboxylic acids is 3. The van der Waals surface area contributed by atoms with Gasteiger partial charge in [-0.05, 0) is 44.0 Å². The number of primary amides is 1. The largest absolute Gasteiger partial charge is 0.484 e. The van der Waals surface area contributed by atoms with Crippen LogP contribution in [0.1, 0.15) is 30.1 Å². The van der Waals surface area contributed by atoms with Crippen LogP contribution in [0.4, 0.5) is 0 Å². The van der Waals surface area contributed by atoms with Gasteiger partial charge in [-0.1, -0.05) is 0 Å². The van der Waals surface area contributed by atoms with E-state index in [0.717, 1.165) is 12.8 Å². The molecule has 1 saturated heterocycles. The average Bonchev–Trinajstić information content (AvgIpc) is 2.60. The van der Waals surface area contributed by atoms with Gasteiger partial charge in [0.05, 0.1) is 18.1 Å². The summed E-state index contributed by atoms with van der Waals surface area (Å²) in [5.41, 5.74) is 5.74. The maximum atomic E-state index is 12.2. The lowest BCUT2D eigenvalue weighted by Crippen LogP contribution is -2.45. The zero-order chi connectivity index (χ0) is 17.5. The zero-order valence-electron chi connectivity index (χ0n) is 13.7. The predicted molar refractivity (Wildman–Crippen MR) is 86.4 cm³/mol. The van der Waals surface area contributed by atoms with Gasteiger partial charge in [0.15, 0.2) is 6.61 Å². The molecular weight excluding hydrogens is 312 g/mol. The molecule has 7 nitrogen and oxygen atoms in total. The Bertz CT molecular complexity index is 600. The smallest absolute Gasteiger partial charge is 0.338 e. The van der Waals surface area contributed by atoms with Crippen LogP contribution in [0, 0.1) is 5.92 Å². The van der Waals surface area contributed by atoms with E-state index in [-0.39, 0.29) is 24.3 Å². The maximum absolute atomic E-state index is 12.2. The Morgan fingerprint density at radius 2 is 1.96 bits per heavy atom. The number of rotatable bonds is 6. The maximum Gasteiger partial charge on any atom is 0.338 e. The summed E-state index contributed by atoms with van der Waals surface area (Å²) in [6.45, 7) is 2.88. The highest BCUT2D eigenvalue weighted by molar-refractivity contribution is 5.89. The van der Waals surface area contributed by atoms with E-state index in [4.69, 9.17) is 15.2 Å². The summed E-state index contributed by atoms with van der Waals surface area (Å²) < 4.78 is 10.3.